The van der Waals surface area contributed by atoms with Crippen LogP contribution in [0.15, 0.2) is 0 Å². The Morgan fingerprint density at radius 2 is 1.30 bits per heavy atom. The molecule has 1 aliphatic rings. The van der Waals surface area contributed by atoms with Crippen molar-refractivity contribution in [2.75, 3.05) is 6.54 Å². The highest BCUT2D eigenvalue weighted by Gasteiger charge is 2.27. The van der Waals surface area contributed by atoms with Gasteiger partial charge in [0.2, 0.25) is 11.8 Å². The molecule has 1 rings (SSSR count). The van der Waals surface area contributed by atoms with Crippen LogP contribution in [0.2, 0.25) is 0 Å². The van der Waals surface area contributed by atoms with E-state index in [1.165, 1.54) is 4.90 Å². The van der Waals surface area contributed by atoms with E-state index < -0.39 is 5.97 Å². The topological polar surface area (TPSA) is 77.5 Å². The summed E-state index contributed by atoms with van der Waals surface area (Å²) in [6.45, 7) is 0.573. The second-order valence-corrected chi connectivity index (χ2v) is 5.39. The van der Waals surface area contributed by atoms with Crippen molar-refractivity contribution < 1.29 is 19.5 Å². The fourth-order valence-corrected chi connectivity index (χ4v) is 2.47. The summed E-state index contributed by atoms with van der Waals surface area (Å²) < 4.78 is 0. The highest BCUT2D eigenvalue weighted by atomic mass is 16.4. The standard InChI is InChI=1S/C15H25NO4/c17-13-10-11-14(18)16(13)12-8-6-4-2-1-3-5-7-9-15(19)20/h1-12H2,(H,19,20)/p-1. The molecule has 0 aliphatic carbocycles. The third-order valence-corrected chi connectivity index (χ3v) is 3.67. The first-order valence-electron chi connectivity index (χ1n) is 7.64. The number of unbranched alkanes of at least 4 members (excludes halogenated alkanes) is 7. The third kappa shape index (κ3) is 6.68. The molecule has 0 saturated carbocycles. The summed E-state index contributed by atoms with van der Waals surface area (Å²) in [5.74, 6) is -1.01. The van der Waals surface area contributed by atoms with Gasteiger partial charge in [-0.1, -0.05) is 38.5 Å². The maximum absolute atomic E-state index is 11.4. The molecule has 0 aromatic carbocycles. The lowest BCUT2D eigenvalue weighted by Crippen LogP contribution is -2.29. The lowest BCUT2D eigenvalue weighted by molar-refractivity contribution is -0.305. The molecule has 1 saturated heterocycles. The van der Waals surface area contributed by atoms with Crippen LogP contribution >= 0.6 is 0 Å². The Bertz CT molecular complexity index is 325. The first-order valence-corrected chi connectivity index (χ1v) is 7.64. The summed E-state index contributed by atoms with van der Waals surface area (Å²) >= 11 is 0. The lowest BCUT2D eigenvalue weighted by Gasteiger charge is -2.13. The van der Waals surface area contributed by atoms with Crippen molar-refractivity contribution in [1.29, 1.82) is 0 Å². The van der Waals surface area contributed by atoms with E-state index in [2.05, 4.69) is 0 Å². The van der Waals surface area contributed by atoms with Crippen molar-refractivity contribution in [3.63, 3.8) is 0 Å². The molecule has 20 heavy (non-hydrogen) atoms. The fourth-order valence-electron chi connectivity index (χ4n) is 2.47. The van der Waals surface area contributed by atoms with E-state index in [1.807, 2.05) is 0 Å². The average molecular weight is 282 g/mol. The minimum atomic E-state index is -0.962. The van der Waals surface area contributed by atoms with Crippen molar-refractivity contribution in [1.82, 2.24) is 4.90 Å². The van der Waals surface area contributed by atoms with Gasteiger partial charge in [0.05, 0.1) is 0 Å². The van der Waals surface area contributed by atoms with Crippen LogP contribution in [0.25, 0.3) is 0 Å². The molecular formula is C15H24NO4-. The molecule has 5 nitrogen and oxygen atoms in total. The predicted molar refractivity (Wildman–Crippen MR) is 72.5 cm³/mol. The van der Waals surface area contributed by atoms with E-state index >= 15 is 0 Å². The maximum atomic E-state index is 11.4. The molecule has 1 fully saturated rings. The molecule has 5 heteroatoms. The average Bonchev–Trinajstić information content (AvgIpc) is 2.71. The van der Waals surface area contributed by atoms with Crippen LogP contribution < -0.4 is 5.11 Å². The molecule has 0 spiro atoms. The Morgan fingerprint density at radius 3 is 1.80 bits per heavy atom. The number of hydrogen-bond donors (Lipinski definition) is 0. The van der Waals surface area contributed by atoms with Gasteiger partial charge in [-0.05, 0) is 19.3 Å². The van der Waals surface area contributed by atoms with Gasteiger partial charge < -0.3 is 9.90 Å². The highest BCUT2D eigenvalue weighted by Crippen LogP contribution is 2.14. The number of rotatable bonds is 11. The summed E-state index contributed by atoms with van der Waals surface area (Å²) in [4.78, 5) is 34.3. The minimum Gasteiger partial charge on any atom is -0.550 e. The molecule has 0 aromatic rings. The van der Waals surface area contributed by atoms with Gasteiger partial charge in [-0.3, -0.25) is 14.5 Å². The number of hydrogen-bond acceptors (Lipinski definition) is 4. The number of carboxylic acids is 1. The highest BCUT2D eigenvalue weighted by molar-refractivity contribution is 6.01. The van der Waals surface area contributed by atoms with E-state index in [4.69, 9.17) is 0 Å². The molecule has 0 aromatic heterocycles. The number of amides is 2. The van der Waals surface area contributed by atoms with Crippen LogP contribution in [-0.2, 0) is 14.4 Å². The van der Waals surface area contributed by atoms with Crippen LogP contribution in [0.3, 0.4) is 0 Å². The molecule has 0 atom stereocenters. The van der Waals surface area contributed by atoms with E-state index in [9.17, 15) is 19.5 Å². The smallest absolute Gasteiger partial charge is 0.229 e. The van der Waals surface area contributed by atoms with Crippen LogP contribution in [0.1, 0.15) is 70.6 Å². The van der Waals surface area contributed by atoms with Gasteiger partial charge in [-0.2, -0.15) is 0 Å². The summed E-state index contributed by atoms with van der Waals surface area (Å²) in [6.07, 6.45) is 8.94. The van der Waals surface area contributed by atoms with Crippen molar-refractivity contribution in [3.8, 4) is 0 Å². The summed E-state index contributed by atoms with van der Waals surface area (Å²) in [6, 6.07) is 0. The molecule has 1 aliphatic heterocycles. The van der Waals surface area contributed by atoms with E-state index in [0.29, 0.717) is 25.8 Å². The monoisotopic (exact) mass is 282 g/mol. The van der Waals surface area contributed by atoms with Gasteiger partial charge in [-0.15, -0.1) is 0 Å². The van der Waals surface area contributed by atoms with Crippen molar-refractivity contribution in [3.05, 3.63) is 0 Å². The first-order chi connectivity index (χ1) is 9.61. The number of imide groups is 1. The van der Waals surface area contributed by atoms with Crippen LogP contribution in [-0.4, -0.2) is 29.2 Å². The molecule has 0 radical (unpaired) electrons. The van der Waals surface area contributed by atoms with Crippen molar-refractivity contribution in [2.45, 2.75) is 70.6 Å². The second kappa shape index (κ2) is 9.50. The molecule has 0 N–H and O–H groups in total. The zero-order valence-electron chi connectivity index (χ0n) is 12.1. The molecule has 0 unspecified atom stereocenters. The number of nitrogens with zero attached hydrogens (tertiary/aromatic N) is 1. The SMILES string of the molecule is O=C([O-])CCCCCCCCCCN1C(=O)CCC1=O. The minimum absolute atomic E-state index is 0.0251. The van der Waals surface area contributed by atoms with E-state index in [0.717, 1.165) is 44.9 Å². The summed E-state index contributed by atoms with van der Waals surface area (Å²) in [5, 5.41) is 10.2. The van der Waals surface area contributed by atoms with Crippen molar-refractivity contribution >= 4 is 17.8 Å². The number of likely N-dealkylation sites (tertiary alicyclic amines) is 1. The van der Waals surface area contributed by atoms with E-state index in [-0.39, 0.29) is 18.2 Å². The Morgan fingerprint density at radius 1 is 0.850 bits per heavy atom. The van der Waals surface area contributed by atoms with Gasteiger partial charge in [0.25, 0.3) is 0 Å². The van der Waals surface area contributed by atoms with E-state index in [1.54, 1.807) is 0 Å². The van der Waals surface area contributed by atoms with Crippen molar-refractivity contribution in [2.24, 2.45) is 0 Å². The quantitative estimate of drug-likeness (QED) is 0.424. The number of aliphatic carboxylic acids is 1. The van der Waals surface area contributed by atoms with Gasteiger partial charge >= 0.3 is 0 Å². The van der Waals surface area contributed by atoms with Gasteiger partial charge in [0.15, 0.2) is 0 Å². The second-order valence-electron chi connectivity index (χ2n) is 5.39. The third-order valence-electron chi connectivity index (χ3n) is 3.67. The maximum Gasteiger partial charge on any atom is 0.229 e. The Balaban J connectivity index is 1.86. The fraction of sp³-hybridized carbons (Fsp3) is 0.800. The predicted octanol–water partition coefficient (Wildman–Crippen LogP) is 1.40. The summed E-state index contributed by atoms with van der Waals surface area (Å²) in [5.41, 5.74) is 0. The Hall–Kier alpha value is -1.39. The van der Waals surface area contributed by atoms with Crippen LogP contribution in [0.5, 0.6) is 0 Å². The first kappa shape index (κ1) is 16.7. The number of carboxylic acid groups (broad SMARTS) is 1. The Kier molecular flexibility index (Phi) is 7.92. The van der Waals surface area contributed by atoms with Crippen LogP contribution in [0, 0.1) is 0 Å². The van der Waals surface area contributed by atoms with Gasteiger partial charge in [-0.25, -0.2) is 0 Å². The largest absolute Gasteiger partial charge is 0.550 e. The molecule has 0 bridgehead atoms. The van der Waals surface area contributed by atoms with Crippen LogP contribution in [0.4, 0.5) is 0 Å². The summed E-state index contributed by atoms with van der Waals surface area (Å²) in [7, 11) is 0. The molecule has 114 valence electrons. The van der Waals surface area contributed by atoms with Gasteiger partial charge in [0.1, 0.15) is 0 Å². The Labute approximate surface area is 120 Å². The molecular weight excluding hydrogens is 258 g/mol. The number of carbonyl (C=O) groups excluding carboxylic acids is 3. The molecule has 2 amide bonds. The number of carbonyl (C=O) groups is 3. The lowest BCUT2D eigenvalue weighted by atomic mass is 10.1. The molecule has 1 heterocycles. The normalized spacial score (nSPS) is 15.1. The van der Waals surface area contributed by atoms with Gasteiger partial charge in [0, 0.05) is 25.4 Å². The zero-order chi connectivity index (χ0) is 14.8. The zero-order valence-corrected chi connectivity index (χ0v) is 12.1.